The third-order valence-corrected chi connectivity index (χ3v) is 2.65. The zero-order chi connectivity index (χ0) is 13.8. The van der Waals surface area contributed by atoms with Crippen LogP contribution in [0.15, 0.2) is 30.5 Å². The maximum atomic E-state index is 11.5. The number of carbonyl (C=O) groups excluding carboxylic acids is 2. The molecule has 0 aliphatic rings. The predicted molar refractivity (Wildman–Crippen MR) is 73.9 cm³/mol. The first kappa shape index (κ1) is 13.1. The van der Waals surface area contributed by atoms with E-state index in [9.17, 15) is 9.59 Å². The third kappa shape index (κ3) is 2.91. The first-order chi connectivity index (χ1) is 9.11. The fraction of sp³-hybridized carbons (Fsp3) is 0.200. The van der Waals surface area contributed by atoms with Gasteiger partial charge in [0.1, 0.15) is 0 Å². The van der Waals surface area contributed by atoms with Crippen LogP contribution in [-0.2, 0) is 9.53 Å². The summed E-state index contributed by atoms with van der Waals surface area (Å²) in [5, 5.41) is 0.811. The highest BCUT2D eigenvalue weighted by Crippen LogP contribution is 2.22. The topological polar surface area (TPSA) is 59.2 Å². The van der Waals surface area contributed by atoms with E-state index in [0.717, 1.165) is 22.8 Å². The number of rotatable bonds is 4. The molecule has 0 atom stereocenters. The van der Waals surface area contributed by atoms with E-state index in [0.29, 0.717) is 5.56 Å². The van der Waals surface area contributed by atoms with Gasteiger partial charge in [0.2, 0.25) is 0 Å². The molecule has 0 aliphatic heterocycles. The second-order valence-corrected chi connectivity index (χ2v) is 4.45. The van der Waals surface area contributed by atoms with Gasteiger partial charge in [0.05, 0.1) is 6.10 Å². The molecule has 0 saturated carbocycles. The summed E-state index contributed by atoms with van der Waals surface area (Å²) in [5.74, 6) is -0.393. The van der Waals surface area contributed by atoms with Crippen LogP contribution in [0.1, 0.15) is 29.8 Å². The van der Waals surface area contributed by atoms with Gasteiger partial charge < -0.3 is 9.72 Å². The number of aromatic amines is 1. The molecule has 19 heavy (non-hydrogen) atoms. The van der Waals surface area contributed by atoms with Gasteiger partial charge in [-0.15, -0.1) is 0 Å². The summed E-state index contributed by atoms with van der Waals surface area (Å²) in [7, 11) is 0. The van der Waals surface area contributed by atoms with Crippen molar-refractivity contribution in [2.45, 2.75) is 20.0 Å². The van der Waals surface area contributed by atoms with Crippen molar-refractivity contribution in [2.24, 2.45) is 0 Å². The van der Waals surface area contributed by atoms with Gasteiger partial charge in [-0.2, -0.15) is 0 Å². The number of carbonyl (C=O) groups is 2. The largest absolute Gasteiger partial charge is 0.460 e. The molecule has 2 rings (SSSR count). The fourth-order valence-corrected chi connectivity index (χ4v) is 1.90. The van der Waals surface area contributed by atoms with Crippen LogP contribution in [0.5, 0.6) is 0 Å². The molecular formula is C15H15NO3. The van der Waals surface area contributed by atoms with E-state index in [-0.39, 0.29) is 6.10 Å². The number of ether oxygens (including phenoxy) is 1. The highest BCUT2D eigenvalue weighted by Gasteiger charge is 2.06. The zero-order valence-corrected chi connectivity index (χ0v) is 10.8. The molecule has 2 aromatic rings. The van der Waals surface area contributed by atoms with E-state index in [1.807, 2.05) is 18.2 Å². The molecule has 1 aromatic carbocycles. The lowest BCUT2D eigenvalue weighted by atomic mass is 10.1. The van der Waals surface area contributed by atoms with E-state index in [1.54, 1.807) is 26.1 Å². The normalized spacial score (nSPS) is 11.3. The molecule has 98 valence electrons. The standard InChI is InChI=1S/C15H15NO3/c1-10(2)19-14(18)7-6-11-4-3-5-13-15(11)12(9-17)8-16-13/h3-10,16H,1-2H3/b7-6+. The minimum atomic E-state index is -0.393. The molecule has 0 unspecified atom stereocenters. The van der Waals surface area contributed by atoms with Gasteiger partial charge in [-0.25, -0.2) is 4.79 Å². The summed E-state index contributed by atoms with van der Waals surface area (Å²) in [5.41, 5.74) is 2.25. The van der Waals surface area contributed by atoms with Crippen LogP contribution in [0.25, 0.3) is 17.0 Å². The SMILES string of the molecule is CC(C)OC(=O)/C=C/c1cccc2[nH]cc(C=O)c12. The van der Waals surface area contributed by atoms with Crippen molar-refractivity contribution in [1.29, 1.82) is 0 Å². The zero-order valence-electron chi connectivity index (χ0n) is 10.8. The van der Waals surface area contributed by atoms with E-state index in [1.165, 1.54) is 6.08 Å². The van der Waals surface area contributed by atoms with Crippen molar-refractivity contribution in [3.8, 4) is 0 Å². The first-order valence-corrected chi connectivity index (χ1v) is 6.06. The van der Waals surface area contributed by atoms with Crippen LogP contribution in [0.4, 0.5) is 0 Å². The van der Waals surface area contributed by atoms with Crippen LogP contribution in [0.3, 0.4) is 0 Å². The molecule has 0 bridgehead atoms. The molecule has 4 heteroatoms. The number of fused-ring (bicyclic) bond motifs is 1. The van der Waals surface area contributed by atoms with Gasteiger partial charge in [-0.05, 0) is 31.6 Å². The monoisotopic (exact) mass is 257 g/mol. The summed E-state index contributed by atoms with van der Waals surface area (Å²) < 4.78 is 5.02. The molecule has 0 amide bonds. The van der Waals surface area contributed by atoms with Crippen molar-refractivity contribution in [3.05, 3.63) is 41.6 Å². The number of hydrogen-bond acceptors (Lipinski definition) is 3. The molecule has 4 nitrogen and oxygen atoms in total. The highest BCUT2D eigenvalue weighted by atomic mass is 16.5. The number of nitrogens with one attached hydrogen (secondary N) is 1. The molecule has 1 N–H and O–H groups in total. The Bertz CT molecular complexity index is 638. The predicted octanol–water partition coefficient (Wildman–Crippen LogP) is 2.95. The Hall–Kier alpha value is -2.36. The second-order valence-electron chi connectivity index (χ2n) is 4.45. The molecule has 1 heterocycles. The number of benzene rings is 1. The lowest BCUT2D eigenvalue weighted by Crippen LogP contribution is -2.08. The van der Waals surface area contributed by atoms with Gasteiger partial charge in [0.25, 0.3) is 0 Å². The smallest absolute Gasteiger partial charge is 0.331 e. The molecule has 0 radical (unpaired) electrons. The first-order valence-electron chi connectivity index (χ1n) is 6.06. The summed E-state index contributed by atoms with van der Waals surface area (Å²) in [6.07, 6.45) is 5.33. The number of H-pyrrole nitrogens is 1. The number of hydrogen-bond donors (Lipinski definition) is 1. The molecule has 0 spiro atoms. The Morgan fingerprint density at radius 2 is 2.11 bits per heavy atom. The molecule has 0 fully saturated rings. The second kappa shape index (κ2) is 5.52. The van der Waals surface area contributed by atoms with Gasteiger partial charge in [-0.1, -0.05) is 12.1 Å². The maximum absolute atomic E-state index is 11.5. The van der Waals surface area contributed by atoms with Crippen molar-refractivity contribution < 1.29 is 14.3 Å². The van der Waals surface area contributed by atoms with E-state index in [4.69, 9.17) is 4.74 Å². The Morgan fingerprint density at radius 1 is 1.32 bits per heavy atom. The Kier molecular flexibility index (Phi) is 3.80. The molecule has 0 aliphatic carbocycles. The minimum absolute atomic E-state index is 0.147. The van der Waals surface area contributed by atoms with Crippen molar-refractivity contribution in [2.75, 3.05) is 0 Å². The fourth-order valence-electron chi connectivity index (χ4n) is 1.90. The number of aldehydes is 1. The lowest BCUT2D eigenvalue weighted by Gasteiger charge is -2.04. The number of esters is 1. The summed E-state index contributed by atoms with van der Waals surface area (Å²) in [4.78, 5) is 25.5. The molecule has 1 aromatic heterocycles. The molecule has 0 saturated heterocycles. The van der Waals surface area contributed by atoms with Gasteiger partial charge >= 0.3 is 5.97 Å². The average Bonchev–Trinajstić information content (AvgIpc) is 2.79. The quantitative estimate of drug-likeness (QED) is 0.520. The van der Waals surface area contributed by atoms with Crippen LogP contribution in [-0.4, -0.2) is 23.3 Å². The van der Waals surface area contributed by atoms with Crippen LogP contribution in [0, 0.1) is 0 Å². The van der Waals surface area contributed by atoms with E-state index >= 15 is 0 Å². The van der Waals surface area contributed by atoms with E-state index in [2.05, 4.69) is 4.98 Å². The average molecular weight is 257 g/mol. The lowest BCUT2D eigenvalue weighted by molar-refractivity contribution is -0.141. The van der Waals surface area contributed by atoms with Gasteiger partial charge in [0.15, 0.2) is 6.29 Å². The van der Waals surface area contributed by atoms with Crippen LogP contribution < -0.4 is 0 Å². The Balaban J connectivity index is 2.35. The maximum Gasteiger partial charge on any atom is 0.331 e. The van der Waals surface area contributed by atoms with Gasteiger partial charge in [-0.3, -0.25) is 4.79 Å². The Morgan fingerprint density at radius 3 is 2.79 bits per heavy atom. The highest BCUT2D eigenvalue weighted by molar-refractivity contribution is 6.03. The van der Waals surface area contributed by atoms with Crippen LogP contribution >= 0.6 is 0 Å². The van der Waals surface area contributed by atoms with E-state index < -0.39 is 5.97 Å². The third-order valence-electron chi connectivity index (χ3n) is 2.65. The summed E-state index contributed by atoms with van der Waals surface area (Å²) in [6.45, 7) is 3.59. The van der Waals surface area contributed by atoms with Crippen LogP contribution in [0.2, 0.25) is 0 Å². The summed E-state index contributed by atoms with van der Waals surface area (Å²) in [6, 6.07) is 5.59. The van der Waals surface area contributed by atoms with Crippen molar-refractivity contribution >= 4 is 29.2 Å². The number of aromatic nitrogens is 1. The van der Waals surface area contributed by atoms with Gasteiger partial charge in [0, 0.05) is 28.7 Å². The summed E-state index contributed by atoms with van der Waals surface area (Å²) >= 11 is 0. The minimum Gasteiger partial charge on any atom is -0.460 e. The van der Waals surface area contributed by atoms with Crippen molar-refractivity contribution in [3.63, 3.8) is 0 Å². The Labute approximate surface area is 111 Å². The van der Waals surface area contributed by atoms with Crippen molar-refractivity contribution in [1.82, 2.24) is 4.98 Å². The molecular weight excluding hydrogens is 242 g/mol.